The summed E-state index contributed by atoms with van der Waals surface area (Å²) in [5, 5.41) is 10.2. The van der Waals surface area contributed by atoms with Crippen molar-refractivity contribution in [3.8, 4) is 0 Å². The van der Waals surface area contributed by atoms with Crippen molar-refractivity contribution in [1.82, 2.24) is 9.88 Å². The van der Waals surface area contributed by atoms with E-state index in [2.05, 4.69) is 17.1 Å². The molecule has 4 nitrogen and oxygen atoms in total. The SMILES string of the molecule is Cc1nc2cc(C(=O)N3CC[C@@H](Cc4ccc(CO)cc4)C3)ccc2s1. The molecule has 0 radical (unpaired) electrons. The van der Waals surface area contributed by atoms with E-state index in [0.29, 0.717) is 5.92 Å². The third-order valence-corrected chi connectivity index (χ3v) is 6.00. The Morgan fingerprint density at radius 1 is 1.23 bits per heavy atom. The first-order valence-electron chi connectivity index (χ1n) is 8.97. The molecule has 1 saturated heterocycles. The van der Waals surface area contributed by atoms with Crippen molar-refractivity contribution in [2.45, 2.75) is 26.4 Å². The Hall–Kier alpha value is -2.24. The number of aliphatic hydroxyl groups is 1. The fourth-order valence-corrected chi connectivity index (χ4v) is 4.46. The maximum absolute atomic E-state index is 12.9. The number of carbonyl (C=O) groups is 1. The predicted octanol–water partition coefficient (Wildman–Crippen LogP) is 3.80. The van der Waals surface area contributed by atoms with Crippen molar-refractivity contribution in [2.24, 2.45) is 5.92 Å². The van der Waals surface area contributed by atoms with Gasteiger partial charge in [0.05, 0.1) is 21.8 Å². The molecule has 3 aromatic rings. The van der Waals surface area contributed by atoms with Crippen molar-refractivity contribution < 1.29 is 9.90 Å². The van der Waals surface area contributed by atoms with Crippen LogP contribution in [0.1, 0.15) is 32.9 Å². The lowest BCUT2D eigenvalue weighted by Crippen LogP contribution is -2.28. The highest BCUT2D eigenvalue weighted by Gasteiger charge is 2.27. The van der Waals surface area contributed by atoms with E-state index in [1.807, 2.05) is 42.2 Å². The van der Waals surface area contributed by atoms with E-state index >= 15 is 0 Å². The highest BCUT2D eigenvalue weighted by atomic mass is 32.1. The van der Waals surface area contributed by atoms with Crippen LogP contribution in [0.2, 0.25) is 0 Å². The molecule has 2 aromatic carbocycles. The summed E-state index contributed by atoms with van der Waals surface area (Å²) in [6.45, 7) is 3.68. The normalized spacial score (nSPS) is 17.2. The number of amides is 1. The zero-order chi connectivity index (χ0) is 18.1. The van der Waals surface area contributed by atoms with Crippen LogP contribution in [0.15, 0.2) is 42.5 Å². The molecular formula is C21H22N2O2S. The summed E-state index contributed by atoms with van der Waals surface area (Å²) in [6.07, 6.45) is 2.01. The Labute approximate surface area is 157 Å². The molecule has 1 aliphatic rings. The van der Waals surface area contributed by atoms with Crippen molar-refractivity contribution in [2.75, 3.05) is 13.1 Å². The minimum atomic E-state index is 0.0782. The molecule has 1 amide bonds. The van der Waals surface area contributed by atoms with Crippen LogP contribution in [0.3, 0.4) is 0 Å². The van der Waals surface area contributed by atoms with Gasteiger partial charge in [-0.3, -0.25) is 4.79 Å². The van der Waals surface area contributed by atoms with E-state index in [1.54, 1.807) is 11.3 Å². The van der Waals surface area contributed by atoms with Crippen LogP contribution in [0.5, 0.6) is 0 Å². The summed E-state index contributed by atoms with van der Waals surface area (Å²) in [4.78, 5) is 19.3. The summed E-state index contributed by atoms with van der Waals surface area (Å²) in [5.41, 5.74) is 3.85. The van der Waals surface area contributed by atoms with Gasteiger partial charge in [-0.1, -0.05) is 24.3 Å². The predicted molar refractivity (Wildman–Crippen MR) is 104 cm³/mol. The maximum Gasteiger partial charge on any atom is 0.253 e. The first-order chi connectivity index (χ1) is 12.6. The van der Waals surface area contributed by atoms with Gasteiger partial charge in [-0.05, 0) is 55.0 Å². The second-order valence-corrected chi connectivity index (χ2v) is 8.23. The summed E-state index contributed by atoms with van der Waals surface area (Å²) < 4.78 is 1.13. The number of likely N-dealkylation sites (tertiary alicyclic amines) is 1. The second-order valence-electron chi connectivity index (χ2n) is 7.00. The molecule has 1 aliphatic heterocycles. The van der Waals surface area contributed by atoms with Crippen molar-refractivity contribution >= 4 is 27.5 Å². The number of hydrogen-bond acceptors (Lipinski definition) is 4. The zero-order valence-electron chi connectivity index (χ0n) is 14.8. The van der Waals surface area contributed by atoms with Gasteiger partial charge in [0.25, 0.3) is 5.91 Å². The standard InChI is InChI=1S/C21H22N2O2S/c1-14-22-19-11-18(6-7-20(19)26-14)21(25)23-9-8-17(12-23)10-15-2-4-16(13-24)5-3-15/h2-7,11,17,24H,8-10,12-13H2,1H3/t17-/m0/s1. The quantitative estimate of drug-likeness (QED) is 0.764. The number of fused-ring (bicyclic) bond motifs is 1. The van der Waals surface area contributed by atoms with E-state index in [4.69, 9.17) is 5.11 Å². The Morgan fingerprint density at radius 3 is 2.77 bits per heavy atom. The summed E-state index contributed by atoms with van der Waals surface area (Å²) >= 11 is 1.66. The highest BCUT2D eigenvalue weighted by molar-refractivity contribution is 7.18. The Kier molecular flexibility index (Phi) is 4.74. The molecule has 1 fully saturated rings. The lowest BCUT2D eigenvalue weighted by molar-refractivity contribution is 0.0787. The molecule has 26 heavy (non-hydrogen) atoms. The summed E-state index contributed by atoms with van der Waals surface area (Å²) in [6, 6.07) is 13.9. The molecule has 0 spiro atoms. The lowest BCUT2D eigenvalue weighted by atomic mass is 9.98. The average Bonchev–Trinajstić information content (AvgIpc) is 3.26. The largest absolute Gasteiger partial charge is 0.392 e. The van der Waals surface area contributed by atoms with Gasteiger partial charge in [0.15, 0.2) is 0 Å². The summed E-state index contributed by atoms with van der Waals surface area (Å²) in [7, 11) is 0. The zero-order valence-corrected chi connectivity index (χ0v) is 15.6. The van der Waals surface area contributed by atoms with Gasteiger partial charge < -0.3 is 10.0 Å². The number of benzene rings is 2. The third-order valence-electron chi connectivity index (χ3n) is 5.04. The van der Waals surface area contributed by atoms with E-state index in [9.17, 15) is 4.79 Å². The number of hydrogen-bond donors (Lipinski definition) is 1. The van der Waals surface area contributed by atoms with E-state index in [1.165, 1.54) is 5.56 Å². The van der Waals surface area contributed by atoms with Crippen LogP contribution in [0, 0.1) is 12.8 Å². The first-order valence-corrected chi connectivity index (χ1v) is 9.79. The van der Waals surface area contributed by atoms with Crippen molar-refractivity contribution in [3.05, 3.63) is 64.2 Å². The van der Waals surface area contributed by atoms with Gasteiger partial charge in [-0.15, -0.1) is 11.3 Å². The Bertz CT molecular complexity index is 933. The minimum absolute atomic E-state index is 0.0782. The Morgan fingerprint density at radius 2 is 2.00 bits per heavy atom. The topological polar surface area (TPSA) is 53.4 Å². The third kappa shape index (κ3) is 3.50. The number of thiazole rings is 1. The van der Waals surface area contributed by atoms with Crippen molar-refractivity contribution in [1.29, 1.82) is 0 Å². The molecule has 0 bridgehead atoms. The smallest absolute Gasteiger partial charge is 0.253 e. The molecular weight excluding hydrogens is 344 g/mol. The fraction of sp³-hybridized carbons (Fsp3) is 0.333. The van der Waals surface area contributed by atoms with E-state index in [-0.39, 0.29) is 12.5 Å². The number of aromatic nitrogens is 1. The average molecular weight is 366 g/mol. The van der Waals surface area contributed by atoms with Crippen LogP contribution >= 0.6 is 11.3 Å². The van der Waals surface area contributed by atoms with Crippen LogP contribution in [-0.4, -0.2) is 34.0 Å². The van der Waals surface area contributed by atoms with Gasteiger partial charge in [0, 0.05) is 18.7 Å². The summed E-state index contributed by atoms with van der Waals surface area (Å²) in [5.74, 6) is 0.597. The van der Waals surface area contributed by atoms with Gasteiger partial charge in [0.1, 0.15) is 0 Å². The molecule has 0 aliphatic carbocycles. The number of carbonyl (C=O) groups excluding carboxylic acids is 1. The van der Waals surface area contributed by atoms with Crippen LogP contribution < -0.4 is 0 Å². The molecule has 134 valence electrons. The molecule has 1 aromatic heterocycles. The molecule has 1 atom stereocenters. The molecule has 0 unspecified atom stereocenters. The van der Waals surface area contributed by atoms with Crippen LogP contribution in [0.4, 0.5) is 0 Å². The molecule has 0 saturated carbocycles. The minimum Gasteiger partial charge on any atom is -0.392 e. The maximum atomic E-state index is 12.9. The van der Waals surface area contributed by atoms with Gasteiger partial charge in [0.2, 0.25) is 0 Å². The van der Waals surface area contributed by atoms with Gasteiger partial charge in [-0.25, -0.2) is 4.98 Å². The van der Waals surface area contributed by atoms with Crippen molar-refractivity contribution in [3.63, 3.8) is 0 Å². The number of rotatable bonds is 4. The number of nitrogens with zero attached hydrogens (tertiary/aromatic N) is 2. The second kappa shape index (κ2) is 7.17. The first kappa shape index (κ1) is 17.2. The molecule has 4 rings (SSSR count). The van der Waals surface area contributed by atoms with Gasteiger partial charge >= 0.3 is 0 Å². The van der Waals surface area contributed by atoms with Gasteiger partial charge in [-0.2, -0.15) is 0 Å². The lowest BCUT2D eigenvalue weighted by Gasteiger charge is -2.17. The molecule has 5 heteroatoms. The molecule has 1 N–H and O–H groups in total. The highest BCUT2D eigenvalue weighted by Crippen LogP contribution is 2.26. The van der Waals surface area contributed by atoms with E-state index in [0.717, 1.165) is 52.3 Å². The fourth-order valence-electron chi connectivity index (χ4n) is 3.66. The monoisotopic (exact) mass is 366 g/mol. The Balaban J connectivity index is 1.42. The van der Waals surface area contributed by atoms with Crippen LogP contribution in [-0.2, 0) is 13.0 Å². The van der Waals surface area contributed by atoms with Crippen LogP contribution in [0.25, 0.3) is 10.2 Å². The molecule has 2 heterocycles. The number of aryl methyl sites for hydroxylation is 1. The van der Waals surface area contributed by atoms with E-state index < -0.39 is 0 Å². The number of aliphatic hydroxyl groups excluding tert-OH is 1.